The summed E-state index contributed by atoms with van der Waals surface area (Å²) in [7, 11) is 0. The lowest BCUT2D eigenvalue weighted by Crippen LogP contribution is -2.29. The summed E-state index contributed by atoms with van der Waals surface area (Å²) >= 11 is 0. The van der Waals surface area contributed by atoms with E-state index in [2.05, 4.69) is 15.6 Å². The van der Waals surface area contributed by atoms with Gasteiger partial charge in [-0.05, 0) is 18.1 Å². The zero-order valence-electron chi connectivity index (χ0n) is 10.4. The number of anilines is 2. The molecule has 1 amide bonds. The van der Waals surface area contributed by atoms with E-state index in [9.17, 15) is 4.79 Å². The molecule has 0 fully saturated rings. The van der Waals surface area contributed by atoms with Crippen molar-refractivity contribution in [3.8, 4) is 0 Å². The first-order valence-electron chi connectivity index (χ1n) is 5.80. The van der Waals surface area contributed by atoms with Crippen molar-refractivity contribution >= 4 is 17.4 Å². The van der Waals surface area contributed by atoms with Crippen LogP contribution in [0.4, 0.5) is 11.5 Å². The van der Waals surface area contributed by atoms with E-state index < -0.39 is 0 Å². The quantitative estimate of drug-likeness (QED) is 0.649. The molecule has 0 aromatic carbocycles. The van der Waals surface area contributed by atoms with Gasteiger partial charge in [0, 0.05) is 25.7 Å². The minimum Gasteiger partial charge on any atom is -0.396 e. The number of nitrogens with zero attached hydrogens (tertiary/aromatic N) is 1. The van der Waals surface area contributed by atoms with Gasteiger partial charge in [0.1, 0.15) is 5.82 Å². The first kappa shape index (κ1) is 13.3. The largest absolute Gasteiger partial charge is 0.396 e. The Morgan fingerprint density at radius 3 is 2.88 bits per heavy atom. The molecule has 0 atom stereocenters. The highest BCUT2D eigenvalue weighted by atomic mass is 16.1. The minimum atomic E-state index is 0.0794. The van der Waals surface area contributed by atoms with Gasteiger partial charge in [-0.3, -0.25) is 4.79 Å². The molecular formula is C12H20N4O. The molecule has 4 N–H and O–H groups in total. The third-order valence-corrected chi connectivity index (χ3v) is 2.17. The van der Waals surface area contributed by atoms with Gasteiger partial charge in [-0.2, -0.15) is 0 Å². The van der Waals surface area contributed by atoms with E-state index in [0.717, 1.165) is 0 Å². The highest BCUT2D eigenvalue weighted by Gasteiger charge is 2.03. The van der Waals surface area contributed by atoms with Crippen molar-refractivity contribution in [1.29, 1.82) is 0 Å². The summed E-state index contributed by atoms with van der Waals surface area (Å²) in [4.78, 5) is 15.4. The van der Waals surface area contributed by atoms with Crippen LogP contribution in [0, 0.1) is 5.92 Å². The maximum atomic E-state index is 11.4. The van der Waals surface area contributed by atoms with Crippen molar-refractivity contribution in [2.24, 2.45) is 5.92 Å². The average Bonchev–Trinajstić information content (AvgIpc) is 2.25. The second-order valence-corrected chi connectivity index (χ2v) is 4.32. The van der Waals surface area contributed by atoms with Crippen LogP contribution in [0.25, 0.3) is 0 Å². The van der Waals surface area contributed by atoms with E-state index >= 15 is 0 Å². The number of carbonyl (C=O) groups excluding carboxylic acids is 1. The van der Waals surface area contributed by atoms with E-state index in [-0.39, 0.29) is 5.91 Å². The summed E-state index contributed by atoms with van der Waals surface area (Å²) in [6.45, 7) is 5.23. The zero-order valence-corrected chi connectivity index (χ0v) is 10.4. The van der Waals surface area contributed by atoms with Crippen molar-refractivity contribution in [3.63, 3.8) is 0 Å². The second-order valence-electron chi connectivity index (χ2n) is 4.32. The number of pyridine rings is 1. The van der Waals surface area contributed by atoms with Gasteiger partial charge in [0.2, 0.25) is 5.91 Å². The van der Waals surface area contributed by atoms with Crippen molar-refractivity contribution in [2.75, 3.05) is 24.1 Å². The van der Waals surface area contributed by atoms with Crippen LogP contribution in [0.5, 0.6) is 0 Å². The van der Waals surface area contributed by atoms with Crippen LogP contribution in [0.15, 0.2) is 18.3 Å². The Labute approximate surface area is 102 Å². The van der Waals surface area contributed by atoms with Crippen molar-refractivity contribution in [2.45, 2.75) is 20.3 Å². The van der Waals surface area contributed by atoms with Crippen LogP contribution in [0.2, 0.25) is 0 Å². The fraction of sp³-hybridized carbons (Fsp3) is 0.500. The Morgan fingerprint density at radius 1 is 1.47 bits per heavy atom. The molecule has 1 aromatic heterocycles. The van der Waals surface area contributed by atoms with Crippen LogP contribution in [0.1, 0.15) is 20.3 Å². The average molecular weight is 236 g/mol. The molecule has 0 bridgehead atoms. The van der Waals surface area contributed by atoms with Crippen LogP contribution in [-0.4, -0.2) is 24.0 Å². The smallest absolute Gasteiger partial charge is 0.220 e. The standard InChI is InChI=1S/C12H20N4O/c1-9(2)8-11(17)14-6-7-16-12-10(13)4-3-5-15-12/h3-5,9H,6-8,13H2,1-2H3,(H,14,17)(H,15,16). The van der Waals surface area contributed by atoms with Gasteiger partial charge >= 0.3 is 0 Å². The van der Waals surface area contributed by atoms with Gasteiger partial charge in [0.25, 0.3) is 0 Å². The lowest BCUT2D eigenvalue weighted by atomic mass is 10.1. The molecule has 94 valence electrons. The highest BCUT2D eigenvalue weighted by Crippen LogP contribution is 2.11. The molecule has 17 heavy (non-hydrogen) atoms. The number of nitrogens with two attached hydrogens (primary N) is 1. The number of hydrogen-bond acceptors (Lipinski definition) is 4. The third-order valence-electron chi connectivity index (χ3n) is 2.17. The van der Waals surface area contributed by atoms with Crippen LogP contribution in [-0.2, 0) is 4.79 Å². The number of nitrogen functional groups attached to an aromatic ring is 1. The predicted octanol–water partition coefficient (Wildman–Crippen LogP) is 1.24. The van der Waals surface area contributed by atoms with Crippen molar-refractivity contribution in [1.82, 2.24) is 10.3 Å². The van der Waals surface area contributed by atoms with E-state index in [1.54, 1.807) is 18.3 Å². The monoisotopic (exact) mass is 236 g/mol. The number of rotatable bonds is 6. The van der Waals surface area contributed by atoms with Gasteiger partial charge in [0.05, 0.1) is 5.69 Å². The first-order chi connectivity index (χ1) is 8.09. The second kappa shape index (κ2) is 6.73. The van der Waals surface area contributed by atoms with E-state index in [0.29, 0.717) is 36.9 Å². The molecule has 0 aliphatic heterocycles. The van der Waals surface area contributed by atoms with E-state index in [1.165, 1.54) is 0 Å². The Morgan fingerprint density at radius 2 is 2.24 bits per heavy atom. The fourth-order valence-electron chi connectivity index (χ4n) is 1.39. The molecule has 0 spiro atoms. The maximum absolute atomic E-state index is 11.4. The normalized spacial score (nSPS) is 10.3. The Balaban J connectivity index is 2.21. The van der Waals surface area contributed by atoms with E-state index in [4.69, 9.17) is 5.73 Å². The summed E-state index contributed by atoms with van der Waals surface area (Å²) in [6.07, 6.45) is 2.24. The third kappa shape index (κ3) is 5.19. The molecule has 0 saturated heterocycles. The van der Waals surface area contributed by atoms with E-state index in [1.807, 2.05) is 13.8 Å². The fourth-order valence-corrected chi connectivity index (χ4v) is 1.39. The number of aromatic nitrogens is 1. The van der Waals surface area contributed by atoms with Crippen molar-refractivity contribution in [3.05, 3.63) is 18.3 Å². The van der Waals surface area contributed by atoms with Gasteiger partial charge in [-0.1, -0.05) is 13.8 Å². The zero-order chi connectivity index (χ0) is 12.7. The lowest BCUT2D eigenvalue weighted by molar-refractivity contribution is -0.121. The molecule has 5 heteroatoms. The molecule has 0 unspecified atom stereocenters. The SMILES string of the molecule is CC(C)CC(=O)NCCNc1ncccc1N. The Kier molecular flexibility index (Phi) is 5.26. The number of carbonyl (C=O) groups is 1. The van der Waals surface area contributed by atoms with Gasteiger partial charge in [-0.15, -0.1) is 0 Å². The van der Waals surface area contributed by atoms with Gasteiger partial charge in [0.15, 0.2) is 0 Å². The Bertz CT molecular complexity index is 365. The summed E-state index contributed by atoms with van der Waals surface area (Å²) in [6, 6.07) is 3.57. The minimum absolute atomic E-state index is 0.0794. The summed E-state index contributed by atoms with van der Waals surface area (Å²) < 4.78 is 0. The predicted molar refractivity (Wildman–Crippen MR) is 69.6 cm³/mol. The van der Waals surface area contributed by atoms with Gasteiger partial charge < -0.3 is 16.4 Å². The molecule has 0 aliphatic carbocycles. The molecule has 1 heterocycles. The first-order valence-corrected chi connectivity index (χ1v) is 5.80. The molecule has 0 saturated carbocycles. The number of nitrogens with one attached hydrogen (secondary N) is 2. The lowest BCUT2D eigenvalue weighted by Gasteiger charge is -2.09. The summed E-state index contributed by atoms with van der Waals surface area (Å²) in [5.74, 6) is 1.12. The van der Waals surface area contributed by atoms with Crippen molar-refractivity contribution < 1.29 is 4.79 Å². The number of amides is 1. The molecule has 1 aromatic rings. The molecule has 0 radical (unpaired) electrons. The maximum Gasteiger partial charge on any atom is 0.220 e. The van der Waals surface area contributed by atoms with Crippen LogP contribution in [0.3, 0.4) is 0 Å². The van der Waals surface area contributed by atoms with Crippen LogP contribution >= 0.6 is 0 Å². The number of hydrogen-bond donors (Lipinski definition) is 3. The molecule has 5 nitrogen and oxygen atoms in total. The highest BCUT2D eigenvalue weighted by molar-refractivity contribution is 5.76. The van der Waals surface area contributed by atoms with Gasteiger partial charge in [-0.25, -0.2) is 4.98 Å². The Hall–Kier alpha value is -1.78. The molecule has 0 aliphatic rings. The topological polar surface area (TPSA) is 80.0 Å². The molecular weight excluding hydrogens is 216 g/mol. The summed E-state index contributed by atoms with van der Waals surface area (Å²) in [5, 5.41) is 5.90. The molecule has 1 rings (SSSR count). The van der Waals surface area contributed by atoms with Crippen LogP contribution < -0.4 is 16.4 Å². The summed E-state index contributed by atoms with van der Waals surface area (Å²) in [5.41, 5.74) is 6.33.